The van der Waals surface area contributed by atoms with Crippen LogP contribution in [0.2, 0.25) is 0 Å². The first-order chi connectivity index (χ1) is 11.7. The summed E-state index contributed by atoms with van der Waals surface area (Å²) in [5.74, 6) is 0.0797. The monoisotopic (exact) mass is 320 g/mol. The van der Waals surface area contributed by atoms with Crippen molar-refractivity contribution >= 4 is 16.8 Å². The van der Waals surface area contributed by atoms with Crippen molar-refractivity contribution in [3.05, 3.63) is 71.9 Å². The molecule has 24 heavy (non-hydrogen) atoms. The van der Waals surface area contributed by atoms with Crippen LogP contribution in [0.4, 0.5) is 0 Å². The van der Waals surface area contributed by atoms with Gasteiger partial charge in [0.25, 0.3) is 5.91 Å². The standard InChI is InChI=1S/C20H20N2O2/c1-21-13-17(16-9-5-6-10-18(16)21)20(23)22-11-12-24-19(14-22)15-7-3-2-4-8-15/h2-10,13,19H,11-12,14H2,1H3. The van der Waals surface area contributed by atoms with E-state index in [0.29, 0.717) is 19.7 Å². The van der Waals surface area contributed by atoms with Gasteiger partial charge in [-0.3, -0.25) is 4.79 Å². The number of aryl methyl sites for hydroxylation is 1. The van der Waals surface area contributed by atoms with Gasteiger partial charge in [0.15, 0.2) is 0 Å². The van der Waals surface area contributed by atoms with Crippen LogP contribution in [-0.2, 0) is 11.8 Å². The quantitative estimate of drug-likeness (QED) is 0.725. The largest absolute Gasteiger partial charge is 0.370 e. The van der Waals surface area contributed by atoms with Crippen LogP contribution in [0.5, 0.6) is 0 Å². The summed E-state index contributed by atoms with van der Waals surface area (Å²) in [6, 6.07) is 18.1. The van der Waals surface area contributed by atoms with Crippen molar-refractivity contribution in [1.29, 1.82) is 0 Å². The van der Waals surface area contributed by atoms with E-state index in [9.17, 15) is 4.79 Å². The molecule has 0 aliphatic carbocycles. The fraction of sp³-hybridized carbons (Fsp3) is 0.250. The number of hydrogen-bond acceptors (Lipinski definition) is 2. The smallest absolute Gasteiger partial charge is 0.256 e. The number of benzene rings is 2. The number of hydrogen-bond donors (Lipinski definition) is 0. The van der Waals surface area contributed by atoms with E-state index in [-0.39, 0.29) is 12.0 Å². The maximum absolute atomic E-state index is 13.1. The molecule has 2 aromatic carbocycles. The Morgan fingerprint density at radius 2 is 1.83 bits per heavy atom. The Balaban J connectivity index is 1.62. The number of carbonyl (C=O) groups is 1. The zero-order valence-corrected chi connectivity index (χ0v) is 13.7. The summed E-state index contributed by atoms with van der Waals surface area (Å²) in [6.45, 7) is 1.79. The lowest BCUT2D eigenvalue weighted by Crippen LogP contribution is -2.42. The summed E-state index contributed by atoms with van der Waals surface area (Å²) in [5.41, 5.74) is 2.96. The van der Waals surface area contributed by atoms with Gasteiger partial charge in [-0.15, -0.1) is 0 Å². The third-order valence-electron chi connectivity index (χ3n) is 4.65. The fourth-order valence-electron chi connectivity index (χ4n) is 3.39. The third kappa shape index (κ3) is 2.59. The van der Waals surface area contributed by atoms with E-state index in [0.717, 1.165) is 22.0 Å². The van der Waals surface area contributed by atoms with E-state index in [1.807, 2.05) is 65.2 Å². The lowest BCUT2D eigenvalue weighted by Gasteiger charge is -2.33. The molecular weight excluding hydrogens is 300 g/mol. The van der Waals surface area contributed by atoms with E-state index < -0.39 is 0 Å². The van der Waals surface area contributed by atoms with E-state index >= 15 is 0 Å². The topological polar surface area (TPSA) is 34.5 Å². The molecule has 1 saturated heterocycles. The van der Waals surface area contributed by atoms with E-state index in [1.54, 1.807) is 0 Å². The van der Waals surface area contributed by atoms with Crippen molar-refractivity contribution < 1.29 is 9.53 Å². The van der Waals surface area contributed by atoms with Crippen LogP contribution in [0.3, 0.4) is 0 Å². The van der Waals surface area contributed by atoms with Gasteiger partial charge < -0.3 is 14.2 Å². The molecule has 0 bridgehead atoms. The van der Waals surface area contributed by atoms with Crippen LogP contribution in [-0.4, -0.2) is 35.1 Å². The van der Waals surface area contributed by atoms with Gasteiger partial charge >= 0.3 is 0 Å². The third-order valence-corrected chi connectivity index (χ3v) is 4.65. The lowest BCUT2D eigenvalue weighted by atomic mass is 10.1. The molecular formula is C20H20N2O2. The van der Waals surface area contributed by atoms with Crippen molar-refractivity contribution in [2.45, 2.75) is 6.10 Å². The highest BCUT2D eigenvalue weighted by molar-refractivity contribution is 6.07. The molecule has 0 saturated carbocycles. The Morgan fingerprint density at radius 3 is 2.67 bits per heavy atom. The number of aromatic nitrogens is 1. The second-order valence-corrected chi connectivity index (χ2v) is 6.19. The van der Waals surface area contributed by atoms with Crippen LogP contribution in [0.25, 0.3) is 10.9 Å². The number of carbonyl (C=O) groups excluding carboxylic acids is 1. The van der Waals surface area contributed by atoms with Gasteiger partial charge in [-0.2, -0.15) is 0 Å². The molecule has 4 rings (SSSR count). The number of amides is 1. The van der Waals surface area contributed by atoms with Crippen molar-refractivity contribution in [2.75, 3.05) is 19.7 Å². The summed E-state index contributed by atoms with van der Waals surface area (Å²) in [6.07, 6.45) is 1.87. The van der Waals surface area contributed by atoms with Gasteiger partial charge in [0.2, 0.25) is 0 Å². The summed E-state index contributed by atoms with van der Waals surface area (Å²) < 4.78 is 7.89. The van der Waals surface area contributed by atoms with Crippen molar-refractivity contribution in [3.63, 3.8) is 0 Å². The van der Waals surface area contributed by atoms with Gasteiger partial charge in [0.1, 0.15) is 6.10 Å². The lowest BCUT2D eigenvalue weighted by molar-refractivity contribution is -0.0227. The molecule has 4 nitrogen and oxygen atoms in total. The van der Waals surface area contributed by atoms with Gasteiger partial charge in [0, 0.05) is 30.7 Å². The minimum absolute atomic E-state index is 0.0566. The molecule has 3 aromatic rings. The number of nitrogens with zero attached hydrogens (tertiary/aromatic N) is 2. The van der Waals surface area contributed by atoms with Gasteiger partial charge in [-0.05, 0) is 11.6 Å². The highest BCUT2D eigenvalue weighted by Gasteiger charge is 2.27. The summed E-state index contributed by atoms with van der Waals surface area (Å²) in [7, 11) is 1.98. The Bertz CT molecular complexity index is 870. The van der Waals surface area contributed by atoms with Crippen molar-refractivity contribution in [2.24, 2.45) is 7.05 Å². The van der Waals surface area contributed by atoms with Crippen LogP contribution in [0.1, 0.15) is 22.0 Å². The number of rotatable bonds is 2. The highest BCUT2D eigenvalue weighted by atomic mass is 16.5. The minimum atomic E-state index is -0.0566. The minimum Gasteiger partial charge on any atom is -0.370 e. The van der Waals surface area contributed by atoms with Gasteiger partial charge in [-0.1, -0.05) is 48.5 Å². The molecule has 1 aliphatic heterocycles. The molecule has 1 amide bonds. The predicted molar refractivity (Wildman–Crippen MR) is 94.0 cm³/mol. The first kappa shape index (κ1) is 15.0. The molecule has 1 aromatic heterocycles. The van der Waals surface area contributed by atoms with Crippen LogP contribution >= 0.6 is 0 Å². The average molecular weight is 320 g/mol. The molecule has 0 N–H and O–H groups in total. The number of para-hydroxylation sites is 1. The summed E-state index contributed by atoms with van der Waals surface area (Å²) in [5, 5.41) is 1.01. The van der Waals surface area contributed by atoms with Crippen LogP contribution < -0.4 is 0 Å². The maximum Gasteiger partial charge on any atom is 0.256 e. The van der Waals surface area contributed by atoms with Crippen molar-refractivity contribution in [1.82, 2.24) is 9.47 Å². The molecule has 122 valence electrons. The van der Waals surface area contributed by atoms with Crippen LogP contribution in [0.15, 0.2) is 60.8 Å². The molecule has 1 aliphatic rings. The zero-order chi connectivity index (χ0) is 16.5. The summed E-state index contributed by atoms with van der Waals surface area (Å²) >= 11 is 0. The van der Waals surface area contributed by atoms with Gasteiger partial charge in [-0.25, -0.2) is 0 Å². The molecule has 1 atom stereocenters. The molecule has 4 heteroatoms. The van der Waals surface area contributed by atoms with Gasteiger partial charge in [0.05, 0.1) is 18.7 Å². The Kier molecular flexibility index (Phi) is 3.82. The first-order valence-electron chi connectivity index (χ1n) is 8.24. The van der Waals surface area contributed by atoms with E-state index in [1.165, 1.54) is 0 Å². The molecule has 2 heterocycles. The van der Waals surface area contributed by atoms with Crippen molar-refractivity contribution in [3.8, 4) is 0 Å². The number of fused-ring (bicyclic) bond motifs is 1. The number of morpholine rings is 1. The predicted octanol–water partition coefficient (Wildman–Crippen LogP) is 3.39. The second-order valence-electron chi connectivity index (χ2n) is 6.19. The SMILES string of the molecule is Cn1cc(C(=O)N2CCOC(c3ccccc3)C2)c2ccccc21. The Hall–Kier alpha value is -2.59. The average Bonchev–Trinajstić information content (AvgIpc) is 2.99. The number of ether oxygens (including phenoxy) is 1. The Morgan fingerprint density at radius 1 is 1.08 bits per heavy atom. The van der Waals surface area contributed by atoms with E-state index in [2.05, 4.69) is 12.1 Å². The second kappa shape index (κ2) is 6.13. The molecule has 0 radical (unpaired) electrons. The van der Waals surface area contributed by atoms with Crippen LogP contribution in [0, 0.1) is 0 Å². The summed E-state index contributed by atoms with van der Waals surface area (Å²) in [4.78, 5) is 15.0. The van der Waals surface area contributed by atoms with E-state index in [4.69, 9.17) is 4.74 Å². The first-order valence-corrected chi connectivity index (χ1v) is 8.24. The normalized spacial score (nSPS) is 18.0. The Labute approximate surface area is 141 Å². The molecule has 1 fully saturated rings. The fourth-order valence-corrected chi connectivity index (χ4v) is 3.39. The zero-order valence-electron chi connectivity index (χ0n) is 13.7. The molecule has 0 spiro atoms. The molecule has 1 unspecified atom stereocenters. The maximum atomic E-state index is 13.1. The highest BCUT2D eigenvalue weighted by Crippen LogP contribution is 2.26.